The Balaban J connectivity index is 2.48. The Hall–Kier alpha value is -1.09. The monoisotopic (exact) mass is 267 g/mol. The van der Waals surface area contributed by atoms with Crippen molar-refractivity contribution in [3.8, 4) is 0 Å². The molecule has 0 unspecified atom stereocenters. The number of benzene rings is 1. The molecule has 0 saturated heterocycles. The van der Waals surface area contributed by atoms with E-state index in [1.165, 1.54) is 5.56 Å². The molecule has 0 heterocycles. The van der Waals surface area contributed by atoms with Gasteiger partial charge in [0.2, 0.25) is 5.91 Å². The number of halogens is 1. The van der Waals surface area contributed by atoms with Gasteiger partial charge in [-0.1, -0.05) is 52.3 Å². The van der Waals surface area contributed by atoms with Crippen LogP contribution in [-0.4, -0.2) is 12.5 Å². The molecule has 2 nitrogen and oxygen atoms in total. The summed E-state index contributed by atoms with van der Waals surface area (Å²) in [6.45, 7) is 6.14. The second-order valence-electron chi connectivity index (χ2n) is 3.46. The van der Waals surface area contributed by atoms with Gasteiger partial charge in [-0.3, -0.25) is 4.79 Å². The smallest absolute Gasteiger partial charge is 0.224 e. The van der Waals surface area contributed by atoms with Gasteiger partial charge in [-0.2, -0.15) is 0 Å². The van der Waals surface area contributed by atoms with Gasteiger partial charge in [-0.05, 0) is 12.5 Å². The Morgan fingerprint density at radius 2 is 2.27 bits per heavy atom. The predicted molar refractivity (Wildman–Crippen MR) is 66.0 cm³/mol. The van der Waals surface area contributed by atoms with E-state index >= 15 is 0 Å². The minimum atomic E-state index is 0.0150. The number of carbonyl (C=O) groups excluding carboxylic acids is 1. The molecule has 0 aromatic heterocycles. The van der Waals surface area contributed by atoms with E-state index < -0.39 is 0 Å². The van der Waals surface area contributed by atoms with E-state index in [9.17, 15) is 4.79 Å². The average Bonchev–Trinajstić information content (AvgIpc) is 2.15. The van der Waals surface area contributed by atoms with Crippen molar-refractivity contribution < 1.29 is 4.79 Å². The summed E-state index contributed by atoms with van der Waals surface area (Å²) in [7, 11) is 0. The minimum absolute atomic E-state index is 0.0150. The van der Waals surface area contributed by atoms with Gasteiger partial charge in [0.15, 0.2) is 0 Å². The lowest BCUT2D eigenvalue weighted by Crippen LogP contribution is -2.26. The number of aryl methyl sites for hydroxylation is 1. The number of hydrogen-bond acceptors (Lipinski definition) is 1. The van der Waals surface area contributed by atoms with Gasteiger partial charge in [0.25, 0.3) is 0 Å². The summed E-state index contributed by atoms with van der Waals surface area (Å²) in [6.07, 6.45) is 0.419. The van der Waals surface area contributed by atoms with Gasteiger partial charge < -0.3 is 5.32 Å². The summed E-state index contributed by atoms with van der Waals surface area (Å²) >= 11 is 3.19. The summed E-state index contributed by atoms with van der Waals surface area (Å²) in [4.78, 5) is 11.5. The highest BCUT2D eigenvalue weighted by Gasteiger charge is 2.02. The van der Waals surface area contributed by atoms with Crippen molar-refractivity contribution in [1.82, 2.24) is 5.32 Å². The van der Waals surface area contributed by atoms with Crippen LogP contribution in [0.3, 0.4) is 0 Å². The van der Waals surface area contributed by atoms with Crippen molar-refractivity contribution in [2.24, 2.45) is 0 Å². The number of nitrogens with one attached hydrogen (secondary N) is 1. The zero-order chi connectivity index (χ0) is 11.3. The van der Waals surface area contributed by atoms with Gasteiger partial charge >= 0.3 is 0 Å². The maximum absolute atomic E-state index is 11.5. The van der Waals surface area contributed by atoms with Gasteiger partial charge in [0.1, 0.15) is 0 Å². The van der Waals surface area contributed by atoms with Crippen LogP contribution < -0.4 is 5.32 Å². The first-order valence-electron chi connectivity index (χ1n) is 4.73. The average molecular weight is 268 g/mol. The highest BCUT2D eigenvalue weighted by Crippen LogP contribution is 2.04. The molecule has 0 saturated carbocycles. The first-order valence-corrected chi connectivity index (χ1v) is 5.53. The molecular weight excluding hydrogens is 254 g/mol. The van der Waals surface area contributed by atoms with Crippen molar-refractivity contribution in [2.45, 2.75) is 13.3 Å². The fourth-order valence-electron chi connectivity index (χ4n) is 1.26. The quantitative estimate of drug-likeness (QED) is 0.893. The molecule has 0 aliphatic carbocycles. The van der Waals surface area contributed by atoms with Crippen LogP contribution in [0.4, 0.5) is 0 Å². The highest BCUT2D eigenvalue weighted by atomic mass is 79.9. The maximum Gasteiger partial charge on any atom is 0.224 e. The normalized spacial score (nSPS) is 9.73. The van der Waals surface area contributed by atoms with Gasteiger partial charge in [0.05, 0.1) is 6.42 Å². The zero-order valence-electron chi connectivity index (χ0n) is 8.72. The second-order valence-corrected chi connectivity index (χ2v) is 4.58. The summed E-state index contributed by atoms with van der Waals surface area (Å²) in [5.74, 6) is 0.0150. The Labute approximate surface area is 98.5 Å². The largest absolute Gasteiger partial charge is 0.351 e. The van der Waals surface area contributed by atoms with Crippen LogP contribution in [0.25, 0.3) is 0 Å². The number of rotatable bonds is 4. The Morgan fingerprint density at radius 1 is 1.53 bits per heavy atom. The molecule has 0 aliphatic heterocycles. The van der Waals surface area contributed by atoms with Crippen molar-refractivity contribution >= 4 is 21.8 Å². The van der Waals surface area contributed by atoms with E-state index in [1.54, 1.807) is 0 Å². The lowest BCUT2D eigenvalue weighted by atomic mass is 10.1. The number of amides is 1. The van der Waals surface area contributed by atoms with E-state index in [0.717, 1.165) is 10.0 Å². The maximum atomic E-state index is 11.5. The van der Waals surface area contributed by atoms with E-state index in [2.05, 4.69) is 27.8 Å². The van der Waals surface area contributed by atoms with Crippen molar-refractivity contribution in [2.75, 3.05) is 6.54 Å². The molecule has 0 atom stereocenters. The molecule has 0 fully saturated rings. The van der Waals surface area contributed by atoms with Crippen molar-refractivity contribution in [1.29, 1.82) is 0 Å². The Kier molecular flexibility index (Phi) is 4.56. The summed E-state index contributed by atoms with van der Waals surface area (Å²) in [5.41, 5.74) is 2.21. The number of hydrogen-bond donors (Lipinski definition) is 1. The molecule has 0 aliphatic rings. The highest BCUT2D eigenvalue weighted by molar-refractivity contribution is 9.11. The van der Waals surface area contributed by atoms with Crippen LogP contribution >= 0.6 is 15.9 Å². The summed E-state index contributed by atoms with van der Waals surface area (Å²) in [6, 6.07) is 7.95. The zero-order valence-corrected chi connectivity index (χ0v) is 10.3. The molecule has 1 aromatic carbocycles. The molecule has 3 heteroatoms. The fourth-order valence-corrected chi connectivity index (χ4v) is 1.40. The van der Waals surface area contributed by atoms with Crippen LogP contribution in [0.15, 0.2) is 35.3 Å². The summed E-state index contributed by atoms with van der Waals surface area (Å²) < 4.78 is 0.778. The van der Waals surface area contributed by atoms with Gasteiger partial charge in [-0.15, -0.1) is 0 Å². The molecular formula is C12H14BrNO. The Bertz CT molecular complexity index is 374. The van der Waals surface area contributed by atoms with Crippen molar-refractivity contribution in [3.05, 3.63) is 46.5 Å². The van der Waals surface area contributed by atoms with E-state index in [0.29, 0.717) is 13.0 Å². The molecule has 0 bridgehead atoms. The van der Waals surface area contributed by atoms with E-state index in [4.69, 9.17) is 0 Å². The van der Waals surface area contributed by atoms with E-state index in [-0.39, 0.29) is 5.91 Å². The first-order chi connectivity index (χ1) is 7.08. The summed E-state index contributed by atoms with van der Waals surface area (Å²) in [5, 5.41) is 2.76. The van der Waals surface area contributed by atoms with Crippen LogP contribution in [0.1, 0.15) is 11.1 Å². The lowest BCUT2D eigenvalue weighted by molar-refractivity contribution is -0.120. The van der Waals surface area contributed by atoms with Crippen molar-refractivity contribution in [3.63, 3.8) is 0 Å². The Morgan fingerprint density at radius 3 is 2.87 bits per heavy atom. The molecule has 15 heavy (non-hydrogen) atoms. The van der Waals surface area contributed by atoms with Crippen LogP contribution in [0.5, 0.6) is 0 Å². The molecule has 0 spiro atoms. The fraction of sp³-hybridized carbons (Fsp3) is 0.250. The topological polar surface area (TPSA) is 29.1 Å². The molecule has 1 rings (SSSR count). The van der Waals surface area contributed by atoms with E-state index in [1.807, 2.05) is 31.2 Å². The van der Waals surface area contributed by atoms with Gasteiger partial charge in [-0.25, -0.2) is 0 Å². The third kappa shape index (κ3) is 4.79. The predicted octanol–water partition coefficient (Wildman–Crippen LogP) is 2.56. The first kappa shape index (κ1) is 12.0. The number of carbonyl (C=O) groups is 1. The third-order valence-corrected chi connectivity index (χ3v) is 2.20. The molecule has 0 radical (unpaired) electrons. The molecule has 1 N–H and O–H groups in total. The standard InChI is InChI=1S/C12H14BrNO/c1-9-4-3-5-11(6-9)7-12(15)14-8-10(2)13/h3-6H,2,7-8H2,1H3,(H,14,15). The molecule has 1 aromatic rings. The molecule has 1 amide bonds. The third-order valence-electron chi connectivity index (χ3n) is 1.92. The van der Waals surface area contributed by atoms with Crippen LogP contribution in [0, 0.1) is 6.92 Å². The molecule has 80 valence electrons. The minimum Gasteiger partial charge on any atom is -0.351 e. The van der Waals surface area contributed by atoms with Crippen LogP contribution in [-0.2, 0) is 11.2 Å². The van der Waals surface area contributed by atoms with Crippen LogP contribution in [0.2, 0.25) is 0 Å². The van der Waals surface area contributed by atoms with Gasteiger partial charge in [0, 0.05) is 11.0 Å². The SMILES string of the molecule is C=C(Br)CNC(=O)Cc1cccc(C)c1. The second kappa shape index (κ2) is 5.71. The lowest BCUT2D eigenvalue weighted by Gasteiger charge is -2.04.